The zero-order valence-electron chi connectivity index (χ0n) is 15.2. The highest BCUT2D eigenvalue weighted by Crippen LogP contribution is 2.27. The summed E-state index contributed by atoms with van der Waals surface area (Å²) in [4.78, 5) is 24.8. The standard InChI is InChI=1S/C19H21N3O4/c1-5-25-17(23)14-11-22(13-8-6-12(10-20)7-9-13)16(15(14)21)18(24)26-19(2,3)4/h6-9,11H,5,21H2,1-4H3. The molecule has 0 spiro atoms. The number of aromatic nitrogens is 1. The molecule has 0 saturated carbocycles. The number of rotatable bonds is 4. The minimum absolute atomic E-state index is 0.0120. The predicted octanol–water partition coefficient (Wildman–Crippen LogP) is 3.06. The summed E-state index contributed by atoms with van der Waals surface area (Å²) >= 11 is 0. The van der Waals surface area contributed by atoms with Crippen molar-refractivity contribution in [3.8, 4) is 11.8 Å². The predicted molar refractivity (Wildman–Crippen MR) is 96.0 cm³/mol. The topological polar surface area (TPSA) is 107 Å². The van der Waals surface area contributed by atoms with Gasteiger partial charge >= 0.3 is 11.9 Å². The normalized spacial score (nSPS) is 10.9. The number of benzene rings is 1. The molecule has 1 heterocycles. The average molecular weight is 355 g/mol. The molecule has 26 heavy (non-hydrogen) atoms. The lowest BCUT2D eigenvalue weighted by Gasteiger charge is -2.20. The molecular weight excluding hydrogens is 334 g/mol. The number of carbonyl (C=O) groups excluding carboxylic acids is 2. The van der Waals surface area contributed by atoms with E-state index < -0.39 is 17.5 Å². The first-order valence-corrected chi connectivity index (χ1v) is 8.09. The van der Waals surface area contributed by atoms with Gasteiger partial charge in [0.2, 0.25) is 0 Å². The molecule has 136 valence electrons. The first kappa shape index (κ1) is 19.1. The number of nitriles is 1. The second kappa shape index (κ2) is 7.31. The number of carbonyl (C=O) groups is 2. The molecule has 0 aliphatic rings. The molecule has 0 radical (unpaired) electrons. The van der Waals surface area contributed by atoms with Crippen molar-refractivity contribution in [3.05, 3.63) is 47.3 Å². The molecule has 2 aromatic rings. The maximum atomic E-state index is 12.7. The summed E-state index contributed by atoms with van der Waals surface area (Å²) in [7, 11) is 0. The van der Waals surface area contributed by atoms with Crippen LogP contribution >= 0.6 is 0 Å². The molecule has 0 unspecified atom stereocenters. The highest BCUT2D eigenvalue weighted by molar-refractivity contribution is 6.04. The fourth-order valence-electron chi connectivity index (χ4n) is 2.33. The van der Waals surface area contributed by atoms with Crippen LogP contribution in [0, 0.1) is 11.3 Å². The number of hydrogen-bond acceptors (Lipinski definition) is 6. The fraction of sp³-hybridized carbons (Fsp3) is 0.316. The molecule has 0 fully saturated rings. The van der Waals surface area contributed by atoms with Crippen molar-refractivity contribution in [2.45, 2.75) is 33.3 Å². The summed E-state index contributed by atoms with van der Waals surface area (Å²) in [5.74, 6) is -1.28. The van der Waals surface area contributed by atoms with Crippen LogP contribution in [-0.4, -0.2) is 28.7 Å². The second-order valence-electron chi connectivity index (χ2n) is 6.56. The fourth-order valence-corrected chi connectivity index (χ4v) is 2.33. The van der Waals surface area contributed by atoms with E-state index in [4.69, 9.17) is 20.5 Å². The molecule has 1 aromatic heterocycles. The Morgan fingerprint density at radius 2 is 1.81 bits per heavy atom. The van der Waals surface area contributed by atoms with E-state index >= 15 is 0 Å². The van der Waals surface area contributed by atoms with Gasteiger partial charge in [0.05, 0.1) is 23.9 Å². The third kappa shape index (κ3) is 4.03. The minimum atomic E-state index is -0.729. The van der Waals surface area contributed by atoms with Crippen LogP contribution in [0.25, 0.3) is 5.69 Å². The van der Waals surface area contributed by atoms with E-state index in [0.29, 0.717) is 11.3 Å². The Kier molecular flexibility index (Phi) is 5.36. The lowest BCUT2D eigenvalue weighted by atomic mass is 10.2. The lowest BCUT2D eigenvalue weighted by Crippen LogP contribution is -2.25. The van der Waals surface area contributed by atoms with Crippen molar-refractivity contribution in [1.29, 1.82) is 5.26 Å². The highest BCUT2D eigenvalue weighted by atomic mass is 16.6. The van der Waals surface area contributed by atoms with Crippen molar-refractivity contribution in [2.75, 3.05) is 12.3 Å². The third-order valence-corrected chi connectivity index (χ3v) is 3.41. The van der Waals surface area contributed by atoms with Gasteiger partial charge in [0.1, 0.15) is 11.2 Å². The van der Waals surface area contributed by atoms with Crippen LogP contribution < -0.4 is 5.73 Å². The number of esters is 2. The van der Waals surface area contributed by atoms with Crippen LogP contribution in [0.2, 0.25) is 0 Å². The van der Waals surface area contributed by atoms with Crippen molar-refractivity contribution in [2.24, 2.45) is 0 Å². The van der Waals surface area contributed by atoms with Gasteiger partial charge in [0.25, 0.3) is 0 Å². The maximum Gasteiger partial charge on any atom is 0.358 e. The Morgan fingerprint density at radius 3 is 2.31 bits per heavy atom. The van der Waals surface area contributed by atoms with Gasteiger partial charge in [-0.15, -0.1) is 0 Å². The van der Waals surface area contributed by atoms with Crippen molar-refractivity contribution in [3.63, 3.8) is 0 Å². The van der Waals surface area contributed by atoms with Crippen LogP contribution in [0.4, 0.5) is 5.69 Å². The average Bonchev–Trinajstić information content (AvgIpc) is 2.91. The molecule has 0 bridgehead atoms. The molecule has 0 amide bonds. The molecule has 7 heteroatoms. The first-order chi connectivity index (χ1) is 12.2. The largest absolute Gasteiger partial charge is 0.462 e. The molecule has 7 nitrogen and oxygen atoms in total. The van der Waals surface area contributed by atoms with Crippen molar-refractivity contribution < 1.29 is 19.1 Å². The number of hydrogen-bond donors (Lipinski definition) is 1. The van der Waals surface area contributed by atoms with Gasteiger partial charge in [0.15, 0.2) is 5.69 Å². The van der Waals surface area contributed by atoms with Crippen molar-refractivity contribution in [1.82, 2.24) is 4.57 Å². The number of ether oxygens (including phenoxy) is 2. The Hall–Kier alpha value is -3.27. The van der Waals surface area contributed by atoms with Crippen LogP contribution in [0.15, 0.2) is 30.5 Å². The Morgan fingerprint density at radius 1 is 1.19 bits per heavy atom. The molecule has 2 rings (SSSR count). The molecule has 0 aliphatic heterocycles. The van der Waals surface area contributed by atoms with Crippen LogP contribution in [0.3, 0.4) is 0 Å². The van der Waals surface area contributed by atoms with E-state index in [1.165, 1.54) is 10.8 Å². The zero-order valence-corrected chi connectivity index (χ0v) is 15.2. The molecule has 2 N–H and O–H groups in total. The Balaban J connectivity index is 2.60. The van der Waals surface area contributed by atoms with E-state index in [2.05, 4.69) is 0 Å². The number of anilines is 1. The highest BCUT2D eigenvalue weighted by Gasteiger charge is 2.28. The Bertz CT molecular complexity index is 868. The quantitative estimate of drug-likeness (QED) is 0.845. The van der Waals surface area contributed by atoms with Crippen molar-refractivity contribution >= 4 is 17.6 Å². The van der Waals surface area contributed by atoms with Gasteiger partial charge in [-0.1, -0.05) is 0 Å². The SMILES string of the molecule is CCOC(=O)c1cn(-c2ccc(C#N)cc2)c(C(=O)OC(C)(C)C)c1N. The summed E-state index contributed by atoms with van der Waals surface area (Å²) in [6, 6.07) is 8.54. The van der Waals surface area contributed by atoms with Gasteiger partial charge in [-0.05, 0) is 52.0 Å². The molecular formula is C19H21N3O4. The smallest absolute Gasteiger partial charge is 0.358 e. The molecule has 0 aliphatic carbocycles. The van der Waals surface area contributed by atoms with Gasteiger partial charge in [-0.2, -0.15) is 5.26 Å². The van der Waals surface area contributed by atoms with Gasteiger partial charge in [-0.3, -0.25) is 0 Å². The molecule has 0 saturated heterocycles. The third-order valence-electron chi connectivity index (χ3n) is 3.41. The van der Waals surface area contributed by atoms with Gasteiger partial charge in [-0.25, -0.2) is 9.59 Å². The van der Waals surface area contributed by atoms with Crippen LogP contribution in [0.1, 0.15) is 54.1 Å². The lowest BCUT2D eigenvalue weighted by molar-refractivity contribution is 0.00618. The zero-order chi connectivity index (χ0) is 19.5. The summed E-state index contributed by atoms with van der Waals surface area (Å²) < 4.78 is 11.9. The van der Waals surface area contributed by atoms with Gasteiger partial charge < -0.3 is 19.8 Å². The van der Waals surface area contributed by atoms with E-state index in [-0.39, 0.29) is 23.6 Å². The summed E-state index contributed by atoms with van der Waals surface area (Å²) in [5.41, 5.74) is 6.48. The maximum absolute atomic E-state index is 12.7. The first-order valence-electron chi connectivity index (χ1n) is 8.09. The summed E-state index contributed by atoms with van der Waals surface area (Å²) in [6.45, 7) is 7.08. The van der Waals surface area contributed by atoms with Crippen LogP contribution in [0.5, 0.6) is 0 Å². The number of nitrogen functional groups attached to an aromatic ring is 1. The minimum Gasteiger partial charge on any atom is -0.462 e. The number of nitrogens with zero attached hydrogens (tertiary/aromatic N) is 2. The summed E-state index contributed by atoms with van der Waals surface area (Å²) in [5, 5.41) is 8.94. The number of nitrogens with two attached hydrogens (primary N) is 1. The van der Waals surface area contributed by atoms with E-state index in [1.807, 2.05) is 6.07 Å². The van der Waals surface area contributed by atoms with Gasteiger partial charge in [0, 0.05) is 11.9 Å². The molecule has 0 atom stereocenters. The monoisotopic (exact) mass is 355 g/mol. The second-order valence-corrected chi connectivity index (χ2v) is 6.56. The van der Waals surface area contributed by atoms with E-state index in [1.54, 1.807) is 52.0 Å². The van der Waals surface area contributed by atoms with E-state index in [0.717, 1.165) is 0 Å². The summed E-state index contributed by atoms with van der Waals surface area (Å²) in [6.07, 6.45) is 1.44. The van der Waals surface area contributed by atoms with E-state index in [9.17, 15) is 9.59 Å². The Labute approximate surface area is 151 Å². The van der Waals surface area contributed by atoms with Crippen LogP contribution in [-0.2, 0) is 9.47 Å². The molecule has 1 aromatic carbocycles.